The quantitative estimate of drug-likeness (QED) is 0.785. The van der Waals surface area contributed by atoms with Crippen molar-refractivity contribution in [2.24, 2.45) is 0 Å². The van der Waals surface area contributed by atoms with Crippen LogP contribution >= 0.6 is 0 Å². The number of halogens is 2. The van der Waals surface area contributed by atoms with Crippen LogP contribution in [0.3, 0.4) is 0 Å². The van der Waals surface area contributed by atoms with Crippen molar-refractivity contribution in [2.45, 2.75) is 51.6 Å². The molecule has 0 unspecified atom stereocenters. The second kappa shape index (κ2) is 6.67. The van der Waals surface area contributed by atoms with Crippen molar-refractivity contribution in [1.29, 1.82) is 0 Å². The molecule has 0 bridgehead atoms. The van der Waals surface area contributed by atoms with Gasteiger partial charge >= 0.3 is 0 Å². The van der Waals surface area contributed by atoms with Crippen LogP contribution in [0.2, 0.25) is 0 Å². The van der Waals surface area contributed by atoms with Crippen molar-refractivity contribution >= 4 is 0 Å². The van der Waals surface area contributed by atoms with E-state index in [1.54, 1.807) is 0 Å². The molecule has 0 aliphatic carbocycles. The van der Waals surface area contributed by atoms with E-state index in [-0.39, 0.29) is 6.54 Å². The molecule has 2 fully saturated rings. The van der Waals surface area contributed by atoms with Crippen LogP contribution in [-0.2, 0) is 0 Å². The average Bonchev–Trinajstić information content (AvgIpc) is 2.38. The predicted octanol–water partition coefficient (Wildman–Crippen LogP) is 2.13. The molecule has 2 heterocycles. The zero-order valence-electron chi connectivity index (χ0n) is 13.1. The summed E-state index contributed by atoms with van der Waals surface area (Å²) in [5.41, 5.74) is 0. The van der Waals surface area contributed by atoms with Gasteiger partial charge in [-0.15, -0.1) is 0 Å². The van der Waals surface area contributed by atoms with Gasteiger partial charge in [-0.1, -0.05) is 0 Å². The maximum atomic E-state index is 13.0. The Morgan fingerprint density at radius 1 is 1.00 bits per heavy atom. The Labute approximate surface area is 121 Å². The lowest BCUT2D eigenvalue weighted by molar-refractivity contribution is -0.0285. The molecule has 3 nitrogen and oxygen atoms in total. The first kappa shape index (κ1) is 16.1. The highest BCUT2D eigenvalue weighted by Gasteiger charge is 2.31. The lowest BCUT2D eigenvalue weighted by Gasteiger charge is -2.44. The summed E-state index contributed by atoms with van der Waals surface area (Å²) in [6, 6.07) is 1.23. The van der Waals surface area contributed by atoms with Gasteiger partial charge in [-0.3, -0.25) is 14.7 Å². The van der Waals surface area contributed by atoms with Crippen LogP contribution in [0.4, 0.5) is 8.78 Å². The molecule has 0 spiro atoms. The number of hydrogen-bond donors (Lipinski definition) is 0. The van der Waals surface area contributed by atoms with Crippen molar-refractivity contribution in [3.05, 3.63) is 0 Å². The summed E-state index contributed by atoms with van der Waals surface area (Å²) in [6.45, 7) is 11.6. The summed E-state index contributed by atoms with van der Waals surface area (Å²) in [7, 11) is 0. The smallest absolute Gasteiger partial charge is 0.257 e. The topological polar surface area (TPSA) is 9.72 Å². The molecule has 2 aliphatic heterocycles. The molecule has 0 radical (unpaired) electrons. The Kier molecular flexibility index (Phi) is 5.37. The van der Waals surface area contributed by atoms with Crippen LogP contribution in [0, 0.1) is 0 Å². The van der Waals surface area contributed by atoms with Crippen LogP contribution in [0.25, 0.3) is 0 Å². The lowest BCUT2D eigenvalue weighted by atomic mass is 10.0. The highest BCUT2D eigenvalue weighted by atomic mass is 19.3. The van der Waals surface area contributed by atoms with Gasteiger partial charge in [0, 0.05) is 45.2 Å². The van der Waals surface area contributed by atoms with Gasteiger partial charge in [-0.05, 0) is 39.8 Å². The molecule has 0 saturated carbocycles. The Bertz CT molecular complexity index is 288. The molecule has 0 amide bonds. The minimum atomic E-state index is -2.56. The van der Waals surface area contributed by atoms with Crippen LogP contribution in [0.1, 0.15) is 33.6 Å². The normalized spacial score (nSPS) is 25.5. The van der Waals surface area contributed by atoms with Gasteiger partial charge < -0.3 is 0 Å². The number of likely N-dealkylation sites (tertiary alicyclic amines) is 1. The van der Waals surface area contributed by atoms with Crippen molar-refractivity contribution in [3.8, 4) is 0 Å². The Hall–Kier alpha value is -0.260. The van der Waals surface area contributed by atoms with E-state index in [0.717, 1.165) is 59.0 Å². The van der Waals surface area contributed by atoms with Crippen molar-refractivity contribution in [2.75, 3.05) is 45.8 Å². The molecule has 2 rings (SSSR count). The first-order valence-corrected chi connectivity index (χ1v) is 7.93. The van der Waals surface area contributed by atoms with E-state index in [1.807, 2.05) is 4.90 Å². The fraction of sp³-hybridized carbons (Fsp3) is 1.00. The van der Waals surface area contributed by atoms with Gasteiger partial charge in [0.15, 0.2) is 0 Å². The maximum Gasteiger partial charge on any atom is 0.257 e. The number of alkyl halides is 2. The third kappa shape index (κ3) is 4.64. The van der Waals surface area contributed by atoms with E-state index >= 15 is 0 Å². The van der Waals surface area contributed by atoms with E-state index in [2.05, 4.69) is 23.6 Å². The predicted molar refractivity (Wildman–Crippen MR) is 78.4 cm³/mol. The molecule has 2 saturated heterocycles. The number of rotatable bonds is 4. The third-order valence-corrected chi connectivity index (χ3v) is 4.65. The van der Waals surface area contributed by atoms with Crippen molar-refractivity contribution in [3.63, 3.8) is 0 Å². The minimum absolute atomic E-state index is 0.0825. The lowest BCUT2D eigenvalue weighted by Crippen LogP contribution is -2.54. The standard InChI is InChI=1S/C15H29F2N3/c1-13(2)19-8-10-20(11-9-19)14-4-6-18(7-5-14)12-15(3,16)17/h13-14H,4-12H2,1-3H3. The minimum Gasteiger partial charge on any atom is -0.298 e. The van der Waals surface area contributed by atoms with Gasteiger partial charge in [0.25, 0.3) is 5.92 Å². The molecular formula is C15H29F2N3. The number of piperazine rings is 1. The Morgan fingerprint density at radius 2 is 1.55 bits per heavy atom. The van der Waals surface area contributed by atoms with Crippen molar-refractivity contribution < 1.29 is 8.78 Å². The molecule has 0 N–H and O–H groups in total. The van der Waals surface area contributed by atoms with Gasteiger partial charge in [-0.25, -0.2) is 8.78 Å². The Morgan fingerprint density at radius 3 is 2.00 bits per heavy atom. The van der Waals surface area contributed by atoms with Crippen LogP contribution in [0.5, 0.6) is 0 Å². The van der Waals surface area contributed by atoms with Gasteiger partial charge in [-0.2, -0.15) is 0 Å². The molecule has 20 heavy (non-hydrogen) atoms. The molecule has 0 aromatic rings. The van der Waals surface area contributed by atoms with E-state index in [1.165, 1.54) is 0 Å². The second-order valence-corrected chi connectivity index (χ2v) is 6.74. The summed E-state index contributed by atoms with van der Waals surface area (Å²) >= 11 is 0. The molecule has 0 atom stereocenters. The number of nitrogens with zero attached hydrogens (tertiary/aromatic N) is 3. The monoisotopic (exact) mass is 289 g/mol. The molecule has 5 heteroatoms. The summed E-state index contributed by atoms with van der Waals surface area (Å²) in [4.78, 5) is 7.00. The zero-order valence-corrected chi connectivity index (χ0v) is 13.1. The van der Waals surface area contributed by atoms with E-state index < -0.39 is 5.92 Å². The first-order chi connectivity index (χ1) is 9.35. The summed E-state index contributed by atoms with van der Waals surface area (Å²) in [5, 5.41) is 0. The third-order valence-electron chi connectivity index (χ3n) is 4.65. The summed E-state index contributed by atoms with van der Waals surface area (Å²) in [5.74, 6) is -2.56. The molecule has 0 aromatic carbocycles. The van der Waals surface area contributed by atoms with Crippen molar-refractivity contribution in [1.82, 2.24) is 14.7 Å². The highest BCUT2D eigenvalue weighted by molar-refractivity contribution is 4.85. The van der Waals surface area contributed by atoms with Crippen LogP contribution in [-0.4, -0.2) is 78.5 Å². The van der Waals surface area contributed by atoms with E-state index in [9.17, 15) is 8.78 Å². The SMILES string of the molecule is CC(C)N1CCN(C2CCN(CC(C)(F)F)CC2)CC1. The number of piperidine rings is 1. The van der Waals surface area contributed by atoms with E-state index in [4.69, 9.17) is 0 Å². The van der Waals surface area contributed by atoms with Crippen LogP contribution in [0.15, 0.2) is 0 Å². The number of hydrogen-bond acceptors (Lipinski definition) is 3. The molecule has 118 valence electrons. The first-order valence-electron chi connectivity index (χ1n) is 7.93. The molecule has 2 aliphatic rings. The summed E-state index contributed by atoms with van der Waals surface area (Å²) < 4.78 is 26.0. The average molecular weight is 289 g/mol. The fourth-order valence-corrected chi connectivity index (χ4v) is 3.45. The largest absolute Gasteiger partial charge is 0.298 e. The van der Waals surface area contributed by atoms with Gasteiger partial charge in [0.2, 0.25) is 0 Å². The fourth-order valence-electron chi connectivity index (χ4n) is 3.45. The van der Waals surface area contributed by atoms with Gasteiger partial charge in [0.1, 0.15) is 0 Å². The van der Waals surface area contributed by atoms with E-state index in [0.29, 0.717) is 12.1 Å². The van der Waals surface area contributed by atoms with Crippen LogP contribution < -0.4 is 0 Å². The second-order valence-electron chi connectivity index (χ2n) is 6.74. The Balaban J connectivity index is 1.72. The molecular weight excluding hydrogens is 260 g/mol. The maximum absolute atomic E-state index is 13.0. The molecule has 0 aromatic heterocycles. The highest BCUT2D eigenvalue weighted by Crippen LogP contribution is 2.22. The zero-order chi connectivity index (χ0) is 14.8. The van der Waals surface area contributed by atoms with Gasteiger partial charge in [0.05, 0.1) is 6.54 Å². The summed E-state index contributed by atoms with van der Waals surface area (Å²) in [6.07, 6.45) is 2.08.